The number of aromatic hydroxyl groups is 1. The normalized spacial score (nSPS) is 30.1. The van der Waals surface area contributed by atoms with Crippen molar-refractivity contribution in [3.8, 4) is 5.75 Å². The van der Waals surface area contributed by atoms with Crippen LogP contribution < -0.4 is 5.32 Å². The summed E-state index contributed by atoms with van der Waals surface area (Å²) in [5.74, 6) is 0.469. The molecular formula is C14H19NO. The smallest absolute Gasteiger partial charge is 0.119 e. The van der Waals surface area contributed by atoms with Crippen LogP contribution in [0.5, 0.6) is 5.75 Å². The monoisotopic (exact) mass is 217 g/mol. The van der Waals surface area contributed by atoms with Crippen molar-refractivity contribution in [3.63, 3.8) is 0 Å². The lowest BCUT2D eigenvalue weighted by atomic mass is 10.1. The van der Waals surface area contributed by atoms with Crippen LogP contribution in [0.4, 0.5) is 0 Å². The van der Waals surface area contributed by atoms with Crippen LogP contribution in [0.15, 0.2) is 18.2 Å². The summed E-state index contributed by atoms with van der Waals surface area (Å²) in [5, 5.41) is 13.5. The third-order valence-electron chi connectivity index (χ3n) is 4.16. The van der Waals surface area contributed by atoms with Gasteiger partial charge in [0.2, 0.25) is 0 Å². The molecule has 0 spiro atoms. The summed E-state index contributed by atoms with van der Waals surface area (Å²) in [6.45, 7) is 4.62. The van der Waals surface area contributed by atoms with Gasteiger partial charge in [-0.25, -0.2) is 0 Å². The van der Waals surface area contributed by atoms with Gasteiger partial charge in [0, 0.05) is 12.1 Å². The summed E-state index contributed by atoms with van der Waals surface area (Å²) >= 11 is 0. The van der Waals surface area contributed by atoms with Crippen LogP contribution in [-0.4, -0.2) is 11.1 Å². The topological polar surface area (TPSA) is 32.3 Å². The summed E-state index contributed by atoms with van der Waals surface area (Å²) < 4.78 is 0. The lowest BCUT2D eigenvalue weighted by Crippen LogP contribution is -2.24. The fraction of sp³-hybridized carbons (Fsp3) is 0.571. The maximum atomic E-state index is 9.77. The van der Waals surface area contributed by atoms with Crippen LogP contribution >= 0.6 is 0 Å². The zero-order valence-corrected chi connectivity index (χ0v) is 9.96. The highest BCUT2D eigenvalue weighted by Gasteiger charge is 2.46. The van der Waals surface area contributed by atoms with Crippen LogP contribution in [0.1, 0.15) is 43.9 Å². The van der Waals surface area contributed by atoms with Crippen molar-refractivity contribution >= 4 is 0 Å². The molecule has 2 aliphatic carbocycles. The van der Waals surface area contributed by atoms with Gasteiger partial charge < -0.3 is 10.4 Å². The number of nitrogens with one attached hydrogen (secondary N) is 1. The van der Waals surface area contributed by atoms with E-state index in [0.717, 1.165) is 18.4 Å². The van der Waals surface area contributed by atoms with Crippen molar-refractivity contribution in [2.45, 2.75) is 45.2 Å². The Bertz CT molecular complexity index is 425. The summed E-state index contributed by atoms with van der Waals surface area (Å²) in [6.07, 6.45) is 3.41. The molecule has 0 amide bonds. The molecule has 1 fully saturated rings. The van der Waals surface area contributed by atoms with Gasteiger partial charge in [-0.05, 0) is 41.9 Å². The number of phenolic OH excluding ortho intramolecular Hbond substituents is 1. The van der Waals surface area contributed by atoms with E-state index in [1.54, 1.807) is 6.07 Å². The van der Waals surface area contributed by atoms with Crippen molar-refractivity contribution in [2.75, 3.05) is 0 Å². The predicted octanol–water partition coefficient (Wildman–Crippen LogP) is 2.77. The third kappa shape index (κ3) is 1.52. The van der Waals surface area contributed by atoms with Crippen molar-refractivity contribution in [1.29, 1.82) is 0 Å². The largest absolute Gasteiger partial charge is 0.508 e. The number of benzene rings is 1. The highest BCUT2D eigenvalue weighted by molar-refractivity contribution is 5.44. The standard InChI is InChI=1S/C14H19NO/c1-14(2)8-13(14)15-11-7-6-10-9(11)4-3-5-12(10)16/h3-5,11,13,15-16H,6-8H2,1-2H3. The maximum Gasteiger partial charge on any atom is 0.119 e. The average molecular weight is 217 g/mol. The first-order chi connectivity index (χ1) is 7.58. The summed E-state index contributed by atoms with van der Waals surface area (Å²) in [5.41, 5.74) is 2.93. The second kappa shape index (κ2) is 3.24. The Morgan fingerprint density at radius 1 is 1.38 bits per heavy atom. The minimum atomic E-state index is 0.453. The number of phenols is 1. The van der Waals surface area contributed by atoms with Gasteiger partial charge in [0.1, 0.15) is 5.75 Å². The molecule has 86 valence electrons. The van der Waals surface area contributed by atoms with Crippen LogP contribution in [-0.2, 0) is 6.42 Å². The van der Waals surface area contributed by atoms with E-state index < -0.39 is 0 Å². The third-order valence-corrected chi connectivity index (χ3v) is 4.16. The van der Waals surface area contributed by atoms with Gasteiger partial charge in [0.05, 0.1) is 0 Å². The number of rotatable bonds is 2. The average Bonchev–Trinajstić information content (AvgIpc) is 2.66. The van der Waals surface area contributed by atoms with Crippen LogP contribution in [0.25, 0.3) is 0 Å². The van der Waals surface area contributed by atoms with Gasteiger partial charge in [-0.15, -0.1) is 0 Å². The van der Waals surface area contributed by atoms with E-state index in [0.29, 0.717) is 23.2 Å². The van der Waals surface area contributed by atoms with Crippen molar-refractivity contribution in [3.05, 3.63) is 29.3 Å². The molecular weight excluding hydrogens is 198 g/mol. The van der Waals surface area contributed by atoms with Crippen molar-refractivity contribution in [2.24, 2.45) is 5.41 Å². The lowest BCUT2D eigenvalue weighted by molar-refractivity contribution is 0.468. The minimum Gasteiger partial charge on any atom is -0.508 e. The Morgan fingerprint density at radius 3 is 2.81 bits per heavy atom. The van der Waals surface area contributed by atoms with Gasteiger partial charge >= 0.3 is 0 Å². The van der Waals surface area contributed by atoms with Crippen molar-refractivity contribution in [1.82, 2.24) is 5.32 Å². The zero-order valence-electron chi connectivity index (χ0n) is 9.96. The van der Waals surface area contributed by atoms with E-state index >= 15 is 0 Å². The van der Waals surface area contributed by atoms with E-state index in [1.165, 1.54) is 12.0 Å². The molecule has 0 heterocycles. The Morgan fingerprint density at radius 2 is 2.12 bits per heavy atom. The molecule has 0 radical (unpaired) electrons. The number of hydrogen-bond acceptors (Lipinski definition) is 2. The summed E-state index contributed by atoms with van der Waals surface area (Å²) in [7, 11) is 0. The van der Waals surface area contributed by atoms with Gasteiger partial charge in [0.15, 0.2) is 0 Å². The van der Waals surface area contributed by atoms with Crippen LogP contribution in [0.3, 0.4) is 0 Å². The fourth-order valence-corrected chi connectivity index (χ4v) is 2.80. The lowest BCUT2D eigenvalue weighted by Gasteiger charge is -2.15. The molecule has 2 N–H and O–H groups in total. The van der Waals surface area contributed by atoms with E-state index in [1.807, 2.05) is 6.07 Å². The van der Waals surface area contributed by atoms with E-state index in [-0.39, 0.29) is 0 Å². The van der Waals surface area contributed by atoms with Gasteiger partial charge in [-0.1, -0.05) is 26.0 Å². The molecule has 0 aliphatic heterocycles. The molecule has 2 aliphatic rings. The Labute approximate surface area is 96.7 Å². The first-order valence-corrected chi connectivity index (χ1v) is 6.15. The minimum absolute atomic E-state index is 0.453. The highest BCUT2D eigenvalue weighted by Crippen LogP contribution is 2.47. The molecule has 3 rings (SSSR count). The molecule has 1 aromatic carbocycles. The second-order valence-electron chi connectivity index (χ2n) is 5.85. The maximum absolute atomic E-state index is 9.77. The van der Waals surface area contributed by atoms with E-state index in [4.69, 9.17) is 0 Å². The van der Waals surface area contributed by atoms with Gasteiger partial charge in [-0.3, -0.25) is 0 Å². The van der Waals surface area contributed by atoms with Crippen molar-refractivity contribution < 1.29 is 5.11 Å². The molecule has 1 aromatic rings. The second-order valence-corrected chi connectivity index (χ2v) is 5.85. The zero-order chi connectivity index (χ0) is 11.3. The molecule has 2 atom stereocenters. The highest BCUT2D eigenvalue weighted by atomic mass is 16.3. The first kappa shape index (κ1) is 10.2. The molecule has 2 unspecified atom stereocenters. The summed E-state index contributed by atoms with van der Waals surface area (Å²) in [4.78, 5) is 0. The van der Waals surface area contributed by atoms with Crippen LogP contribution in [0.2, 0.25) is 0 Å². The Hall–Kier alpha value is -1.02. The first-order valence-electron chi connectivity index (χ1n) is 6.15. The molecule has 2 nitrogen and oxygen atoms in total. The molecule has 2 heteroatoms. The molecule has 16 heavy (non-hydrogen) atoms. The number of hydrogen-bond donors (Lipinski definition) is 2. The van der Waals surface area contributed by atoms with E-state index in [2.05, 4.69) is 25.2 Å². The molecule has 1 saturated carbocycles. The van der Waals surface area contributed by atoms with Gasteiger partial charge in [0.25, 0.3) is 0 Å². The van der Waals surface area contributed by atoms with Gasteiger partial charge in [-0.2, -0.15) is 0 Å². The summed E-state index contributed by atoms with van der Waals surface area (Å²) in [6, 6.07) is 7.00. The SMILES string of the molecule is CC1(C)CC1NC1CCc2c(O)cccc21. The fourth-order valence-electron chi connectivity index (χ4n) is 2.80. The molecule has 0 bridgehead atoms. The molecule has 0 aromatic heterocycles. The quantitative estimate of drug-likeness (QED) is 0.798. The Balaban J connectivity index is 1.79. The number of fused-ring (bicyclic) bond motifs is 1. The van der Waals surface area contributed by atoms with Crippen LogP contribution in [0, 0.1) is 5.41 Å². The predicted molar refractivity (Wildman–Crippen MR) is 64.5 cm³/mol. The Kier molecular flexibility index (Phi) is 2.05. The van der Waals surface area contributed by atoms with E-state index in [9.17, 15) is 5.11 Å². The molecule has 0 saturated heterocycles.